The van der Waals surface area contributed by atoms with Crippen LogP contribution in [0.25, 0.3) is 42.4 Å². The lowest BCUT2D eigenvalue weighted by molar-refractivity contribution is -0.00000457. The van der Waals surface area contributed by atoms with Gasteiger partial charge in [0.1, 0.15) is 0 Å². The Labute approximate surface area is 176 Å². The third-order valence-electron chi connectivity index (χ3n) is 4.65. The Balaban J connectivity index is 0.00000180. The topological polar surface area (TPSA) is 0 Å². The molecular weight excluding hydrogens is 411 g/mol. The minimum atomic E-state index is 0. The molecule has 1 aromatic heterocycles. The number of rotatable bonds is 2. The minimum Gasteiger partial charge on any atom is -1.00 e. The highest BCUT2D eigenvalue weighted by molar-refractivity contribution is 7.72. The van der Waals surface area contributed by atoms with Gasteiger partial charge in [0.05, 0.1) is 9.90 Å². The van der Waals surface area contributed by atoms with Crippen molar-refractivity contribution < 1.29 is 12.4 Å². The summed E-state index contributed by atoms with van der Waals surface area (Å²) >= 11 is 6.74. The van der Waals surface area contributed by atoms with E-state index in [-0.39, 0.29) is 12.4 Å². The molecule has 1 heterocycles. The second kappa shape index (κ2) is 7.57. The maximum atomic E-state index is 6.74. The van der Waals surface area contributed by atoms with Crippen LogP contribution in [0, 0.1) is 0 Å². The summed E-state index contributed by atoms with van der Waals surface area (Å²) in [6, 6.07) is 29.8. The summed E-state index contributed by atoms with van der Waals surface area (Å²) in [5.74, 6) is 0. The van der Waals surface area contributed by atoms with E-state index in [0.717, 1.165) is 15.8 Å². The van der Waals surface area contributed by atoms with Gasteiger partial charge in [-0.2, -0.15) is 0 Å². The zero-order valence-corrected chi connectivity index (χ0v) is 17.3. The van der Waals surface area contributed by atoms with Crippen LogP contribution in [0.3, 0.4) is 0 Å². The molecule has 0 aliphatic heterocycles. The van der Waals surface area contributed by atoms with Gasteiger partial charge in [-0.15, -0.1) is 0 Å². The van der Waals surface area contributed by atoms with Crippen LogP contribution in [0.1, 0.15) is 0 Å². The normalized spacial score (nSPS) is 10.9. The van der Waals surface area contributed by atoms with E-state index < -0.39 is 0 Å². The first-order valence-electron chi connectivity index (χ1n) is 8.41. The molecule has 0 fully saturated rings. The predicted molar refractivity (Wildman–Crippen MR) is 117 cm³/mol. The molecule has 4 heteroatoms. The van der Waals surface area contributed by atoms with Crippen LogP contribution in [0.15, 0.2) is 84.9 Å². The van der Waals surface area contributed by atoms with Crippen LogP contribution in [0.4, 0.5) is 0 Å². The molecule has 0 atom stereocenters. The predicted octanol–water partition coefficient (Wildman–Crippen LogP) is 5.39. The van der Waals surface area contributed by atoms with Gasteiger partial charge >= 0.3 is 10.3 Å². The molecule has 132 valence electrons. The monoisotopic (exact) mass is 424 g/mol. The first-order chi connectivity index (χ1) is 12.8. The van der Waals surface area contributed by atoms with Crippen molar-refractivity contribution in [2.75, 3.05) is 0 Å². The fourth-order valence-corrected chi connectivity index (χ4v) is 6.26. The second-order valence-corrected chi connectivity index (χ2v) is 8.78. The number of benzene rings is 4. The largest absolute Gasteiger partial charge is 1.00 e. The molecule has 4 aromatic carbocycles. The fourth-order valence-electron chi connectivity index (χ4n) is 3.45. The minimum absolute atomic E-state index is 0. The Hall–Kier alpha value is -1.97. The Morgan fingerprint density at radius 2 is 1.19 bits per heavy atom. The fraction of sp³-hybridized carbons (Fsp3) is 0. The van der Waals surface area contributed by atoms with E-state index in [1.807, 2.05) is 20.7 Å². The highest BCUT2D eigenvalue weighted by atomic mass is 35.5. The lowest BCUT2D eigenvalue weighted by Crippen LogP contribution is -3.00. The molecule has 0 radical (unpaired) electrons. The van der Waals surface area contributed by atoms with Crippen molar-refractivity contribution in [3.8, 4) is 20.9 Å². The van der Waals surface area contributed by atoms with Gasteiger partial charge in [-0.25, -0.2) is 0 Å². The molecular formula is C23H14Cl2S2. The zero-order chi connectivity index (χ0) is 17.5. The van der Waals surface area contributed by atoms with E-state index in [2.05, 4.69) is 84.9 Å². The van der Waals surface area contributed by atoms with Crippen LogP contribution < -0.4 is 12.4 Å². The van der Waals surface area contributed by atoms with Crippen LogP contribution in [0.5, 0.6) is 0 Å². The SMILES string of the molecule is Clc1c2ccccc2c(-c2cc(-c3ccccc3)[s+]s2)c2ccccc12.[Cl-]. The summed E-state index contributed by atoms with van der Waals surface area (Å²) in [5.41, 5.74) is 2.55. The second-order valence-electron chi connectivity index (χ2n) is 6.19. The molecule has 5 aromatic rings. The van der Waals surface area contributed by atoms with Crippen molar-refractivity contribution in [2.24, 2.45) is 0 Å². The molecule has 0 N–H and O–H groups in total. The van der Waals surface area contributed by atoms with E-state index in [1.165, 1.54) is 31.7 Å². The van der Waals surface area contributed by atoms with Crippen LogP contribution in [-0.2, 0) is 0 Å². The number of halogens is 2. The summed E-state index contributed by atoms with van der Waals surface area (Å²) in [7, 11) is 3.66. The lowest BCUT2D eigenvalue weighted by Gasteiger charge is -2.11. The number of hydrogen-bond acceptors (Lipinski definition) is 1. The molecule has 0 aliphatic rings. The molecule has 5 rings (SSSR count). The van der Waals surface area contributed by atoms with Gasteiger partial charge in [0.25, 0.3) is 4.88 Å². The quantitative estimate of drug-likeness (QED) is 0.202. The van der Waals surface area contributed by atoms with Gasteiger partial charge in [0.2, 0.25) is 0 Å². The Kier molecular flexibility index (Phi) is 5.16. The van der Waals surface area contributed by atoms with Gasteiger partial charge in [0, 0.05) is 28.0 Å². The van der Waals surface area contributed by atoms with Crippen LogP contribution in [0.2, 0.25) is 5.02 Å². The molecule has 0 nitrogen and oxygen atoms in total. The summed E-state index contributed by atoms with van der Waals surface area (Å²) in [5, 5.41) is 5.49. The molecule has 0 bridgehead atoms. The van der Waals surface area contributed by atoms with Gasteiger partial charge in [-0.1, -0.05) is 78.3 Å². The molecule has 27 heavy (non-hydrogen) atoms. The summed E-state index contributed by atoms with van der Waals surface area (Å²) in [4.78, 5) is 2.59. The molecule has 0 aliphatic carbocycles. The van der Waals surface area contributed by atoms with Gasteiger partial charge < -0.3 is 12.4 Å². The van der Waals surface area contributed by atoms with Gasteiger partial charge in [-0.05, 0) is 22.9 Å². The highest BCUT2D eigenvalue weighted by Crippen LogP contribution is 2.45. The first kappa shape index (κ1) is 18.4. The van der Waals surface area contributed by atoms with E-state index in [1.54, 1.807) is 0 Å². The van der Waals surface area contributed by atoms with Crippen LogP contribution >= 0.6 is 32.3 Å². The first-order valence-corrected chi connectivity index (χ1v) is 10.9. The molecule has 0 saturated carbocycles. The van der Waals surface area contributed by atoms with E-state index in [0.29, 0.717) is 0 Å². The summed E-state index contributed by atoms with van der Waals surface area (Å²) in [6.07, 6.45) is 0. The molecule has 0 unspecified atom stereocenters. The molecule has 0 saturated heterocycles. The third kappa shape index (κ3) is 3.13. The Morgan fingerprint density at radius 3 is 1.78 bits per heavy atom. The number of fused-ring (bicyclic) bond motifs is 2. The van der Waals surface area contributed by atoms with E-state index in [9.17, 15) is 0 Å². The van der Waals surface area contributed by atoms with Crippen molar-refractivity contribution in [2.45, 2.75) is 0 Å². The van der Waals surface area contributed by atoms with Crippen LogP contribution in [-0.4, -0.2) is 0 Å². The Bertz CT molecular complexity index is 1190. The van der Waals surface area contributed by atoms with Crippen molar-refractivity contribution in [3.63, 3.8) is 0 Å². The summed E-state index contributed by atoms with van der Waals surface area (Å²) < 4.78 is 0. The average molecular weight is 425 g/mol. The maximum Gasteiger partial charge on any atom is 0.301 e. The smallest absolute Gasteiger partial charge is 0.301 e. The molecule has 0 spiro atoms. The number of hydrogen-bond donors (Lipinski definition) is 0. The van der Waals surface area contributed by atoms with Crippen molar-refractivity contribution in [3.05, 3.63) is 90.0 Å². The highest BCUT2D eigenvalue weighted by Gasteiger charge is 2.21. The average Bonchev–Trinajstić information content (AvgIpc) is 3.19. The summed E-state index contributed by atoms with van der Waals surface area (Å²) in [6.45, 7) is 0. The lowest BCUT2D eigenvalue weighted by atomic mass is 9.95. The van der Waals surface area contributed by atoms with Crippen molar-refractivity contribution in [1.82, 2.24) is 0 Å². The Morgan fingerprint density at radius 1 is 0.667 bits per heavy atom. The van der Waals surface area contributed by atoms with E-state index in [4.69, 9.17) is 11.6 Å². The van der Waals surface area contributed by atoms with Gasteiger partial charge in [-0.3, -0.25) is 0 Å². The van der Waals surface area contributed by atoms with Crippen molar-refractivity contribution >= 4 is 53.8 Å². The zero-order valence-electron chi connectivity index (χ0n) is 14.2. The maximum absolute atomic E-state index is 6.74. The van der Waals surface area contributed by atoms with E-state index >= 15 is 0 Å². The van der Waals surface area contributed by atoms with Crippen molar-refractivity contribution in [1.29, 1.82) is 0 Å². The van der Waals surface area contributed by atoms with Gasteiger partial charge in [0.15, 0.2) is 10.3 Å². The molecule has 0 amide bonds. The third-order valence-corrected chi connectivity index (χ3v) is 7.51. The standard InChI is InChI=1S/C23H14ClS2.ClH/c24-23-18-12-6-4-10-16(18)22(17-11-5-7-13-19(17)23)21-14-20(25-26-21)15-8-2-1-3-9-15;/h1-14H;1H/q+1;/p-1.